The molecule has 31 heavy (non-hydrogen) atoms. The molecular formula is C23H29FN2O4S. The number of nitrogens with one attached hydrogen (secondary N) is 2. The predicted molar refractivity (Wildman–Crippen MR) is 117 cm³/mol. The lowest BCUT2D eigenvalue weighted by Crippen LogP contribution is -2.41. The molecule has 1 aliphatic carbocycles. The van der Waals surface area contributed by atoms with Gasteiger partial charge >= 0.3 is 0 Å². The standard InChI is InChI=1S/C23H29FN2O4S/c1-15-14-21(12-13-22(15)30-3)31(28,29)26-20-10-6-18(7-11-20)23(27)25-16(2)17-4-8-19(24)9-5-17/h4-5,8-9,12-14,16,18,20,26H,6-7,10-11H2,1-3H3,(H,25,27)/t16-,18-,20-/m1/s1. The van der Waals surface area contributed by atoms with Crippen molar-refractivity contribution < 1.29 is 22.3 Å². The first-order valence-electron chi connectivity index (χ1n) is 10.4. The third-order valence-electron chi connectivity index (χ3n) is 5.83. The number of amides is 1. The fourth-order valence-electron chi connectivity index (χ4n) is 3.95. The van der Waals surface area contributed by atoms with Gasteiger partial charge in [-0.2, -0.15) is 0 Å². The third-order valence-corrected chi connectivity index (χ3v) is 7.34. The van der Waals surface area contributed by atoms with Crippen LogP contribution in [0.5, 0.6) is 5.75 Å². The lowest BCUT2D eigenvalue weighted by molar-refractivity contribution is -0.126. The van der Waals surface area contributed by atoms with Gasteiger partial charge in [0.25, 0.3) is 0 Å². The summed E-state index contributed by atoms with van der Waals surface area (Å²) in [7, 11) is -2.10. The molecule has 1 amide bonds. The second kappa shape index (κ2) is 9.78. The quantitative estimate of drug-likeness (QED) is 0.674. The number of carbonyl (C=O) groups is 1. The SMILES string of the molecule is COc1ccc(S(=O)(=O)N[C@H]2CC[C@H](C(=O)N[C@H](C)c3ccc(F)cc3)CC2)cc1C. The average molecular weight is 449 g/mol. The molecule has 2 aromatic rings. The number of hydrogen-bond acceptors (Lipinski definition) is 4. The highest BCUT2D eigenvalue weighted by atomic mass is 32.2. The van der Waals surface area contributed by atoms with Crippen LogP contribution in [0.25, 0.3) is 0 Å². The minimum absolute atomic E-state index is 0.0519. The minimum Gasteiger partial charge on any atom is -0.496 e. The van der Waals surface area contributed by atoms with Crippen molar-refractivity contribution in [2.24, 2.45) is 5.92 Å². The molecule has 0 heterocycles. The molecule has 1 fully saturated rings. The summed E-state index contributed by atoms with van der Waals surface area (Å²) < 4.78 is 46.5. The van der Waals surface area contributed by atoms with Crippen LogP contribution in [0.1, 0.15) is 49.8 Å². The van der Waals surface area contributed by atoms with Gasteiger partial charge in [0.15, 0.2) is 0 Å². The number of sulfonamides is 1. The summed E-state index contributed by atoms with van der Waals surface area (Å²) in [5.74, 6) is 0.115. The Morgan fingerprint density at radius 3 is 2.32 bits per heavy atom. The lowest BCUT2D eigenvalue weighted by atomic mass is 9.85. The molecule has 0 unspecified atom stereocenters. The molecule has 168 valence electrons. The van der Waals surface area contributed by atoms with Gasteiger partial charge in [-0.25, -0.2) is 17.5 Å². The number of carbonyl (C=O) groups excluding carboxylic acids is 1. The first-order valence-corrected chi connectivity index (χ1v) is 11.9. The molecule has 0 spiro atoms. The van der Waals surface area contributed by atoms with E-state index in [2.05, 4.69) is 10.0 Å². The van der Waals surface area contributed by atoms with E-state index in [9.17, 15) is 17.6 Å². The summed E-state index contributed by atoms with van der Waals surface area (Å²) in [4.78, 5) is 12.8. The minimum atomic E-state index is -3.64. The Balaban J connectivity index is 1.53. The monoisotopic (exact) mass is 448 g/mol. The van der Waals surface area contributed by atoms with Gasteiger partial charge in [0.1, 0.15) is 11.6 Å². The van der Waals surface area contributed by atoms with Crippen molar-refractivity contribution in [1.29, 1.82) is 0 Å². The molecule has 0 aliphatic heterocycles. The van der Waals surface area contributed by atoms with Crippen molar-refractivity contribution in [3.8, 4) is 5.75 Å². The maximum Gasteiger partial charge on any atom is 0.240 e. The molecule has 0 radical (unpaired) electrons. The van der Waals surface area contributed by atoms with Gasteiger partial charge in [-0.05, 0) is 81.0 Å². The fraction of sp³-hybridized carbons (Fsp3) is 0.435. The molecule has 6 nitrogen and oxygen atoms in total. The van der Waals surface area contributed by atoms with Crippen LogP contribution < -0.4 is 14.8 Å². The Morgan fingerprint density at radius 1 is 1.10 bits per heavy atom. The van der Waals surface area contributed by atoms with Crippen LogP contribution in [0.4, 0.5) is 4.39 Å². The number of halogens is 1. The number of hydrogen-bond donors (Lipinski definition) is 2. The van der Waals surface area contributed by atoms with Gasteiger partial charge in [-0.3, -0.25) is 4.79 Å². The average Bonchev–Trinajstić information content (AvgIpc) is 2.74. The van der Waals surface area contributed by atoms with Crippen LogP contribution in [-0.2, 0) is 14.8 Å². The summed E-state index contributed by atoms with van der Waals surface area (Å²) in [5.41, 5.74) is 1.59. The molecule has 0 saturated heterocycles. The van der Waals surface area contributed by atoms with Gasteiger partial charge in [0.2, 0.25) is 15.9 Å². The van der Waals surface area contributed by atoms with Crippen molar-refractivity contribution in [1.82, 2.24) is 10.0 Å². The van der Waals surface area contributed by atoms with E-state index in [1.54, 1.807) is 38.3 Å². The van der Waals surface area contributed by atoms with Gasteiger partial charge in [-0.15, -0.1) is 0 Å². The Kier molecular flexibility index (Phi) is 7.33. The van der Waals surface area contributed by atoms with Crippen LogP contribution in [0.3, 0.4) is 0 Å². The highest BCUT2D eigenvalue weighted by Crippen LogP contribution is 2.27. The van der Waals surface area contributed by atoms with E-state index < -0.39 is 10.0 Å². The van der Waals surface area contributed by atoms with Crippen LogP contribution in [-0.4, -0.2) is 27.5 Å². The first-order chi connectivity index (χ1) is 14.7. The Hall–Kier alpha value is -2.45. The second-order valence-electron chi connectivity index (χ2n) is 8.08. The molecule has 0 bridgehead atoms. The normalized spacial score (nSPS) is 20.1. The van der Waals surface area contributed by atoms with Crippen molar-refractivity contribution in [3.63, 3.8) is 0 Å². The summed E-state index contributed by atoms with van der Waals surface area (Å²) in [6, 6.07) is 10.4. The molecule has 8 heteroatoms. The zero-order valence-electron chi connectivity index (χ0n) is 18.0. The molecular weight excluding hydrogens is 419 g/mol. The van der Waals surface area contributed by atoms with Crippen LogP contribution in [0.2, 0.25) is 0 Å². The first kappa shape index (κ1) is 23.2. The van der Waals surface area contributed by atoms with E-state index in [-0.39, 0.29) is 34.6 Å². The van der Waals surface area contributed by atoms with E-state index in [1.165, 1.54) is 18.2 Å². The molecule has 1 atom stereocenters. The Bertz CT molecular complexity index is 1020. The summed E-state index contributed by atoms with van der Waals surface area (Å²) in [6.07, 6.45) is 2.41. The fourth-order valence-corrected chi connectivity index (χ4v) is 5.33. The van der Waals surface area contributed by atoms with Crippen molar-refractivity contribution in [2.45, 2.75) is 56.5 Å². The zero-order valence-corrected chi connectivity index (χ0v) is 18.8. The van der Waals surface area contributed by atoms with Crippen LogP contribution in [0, 0.1) is 18.7 Å². The number of rotatable bonds is 7. The van der Waals surface area contributed by atoms with E-state index >= 15 is 0 Å². The van der Waals surface area contributed by atoms with Crippen LogP contribution >= 0.6 is 0 Å². The molecule has 1 aliphatic rings. The van der Waals surface area contributed by atoms with Crippen molar-refractivity contribution in [3.05, 3.63) is 59.4 Å². The van der Waals surface area contributed by atoms with E-state index in [4.69, 9.17) is 4.74 Å². The van der Waals surface area contributed by atoms with E-state index in [0.717, 1.165) is 11.1 Å². The Labute approximate surface area is 183 Å². The van der Waals surface area contributed by atoms with Crippen LogP contribution in [0.15, 0.2) is 47.4 Å². The van der Waals surface area contributed by atoms with Gasteiger partial charge < -0.3 is 10.1 Å². The lowest BCUT2D eigenvalue weighted by Gasteiger charge is -2.29. The van der Waals surface area contributed by atoms with Crippen molar-refractivity contribution in [2.75, 3.05) is 7.11 Å². The molecule has 2 aromatic carbocycles. The zero-order chi connectivity index (χ0) is 22.6. The Morgan fingerprint density at radius 2 is 1.74 bits per heavy atom. The summed E-state index contributed by atoms with van der Waals surface area (Å²) in [5, 5.41) is 2.98. The predicted octanol–water partition coefficient (Wildman–Crippen LogP) is 3.86. The smallest absolute Gasteiger partial charge is 0.240 e. The summed E-state index contributed by atoms with van der Waals surface area (Å²) >= 11 is 0. The molecule has 3 rings (SSSR count). The van der Waals surface area contributed by atoms with Crippen molar-refractivity contribution >= 4 is 15.9 Å². The highest BCUT2D eigenvalue weighted by Gasteiger charge is 2.30. The number of methoxy groups -OCH3 is 1. The van der Waals surface area contributed by atoms with E-state index in [1.807, 2.05) is 6.92 Å². The molecule has 1 saturated carbocycles. The number of benzene rings is 2. The summed E-state index contributed by atoms with van der Waals surface area (Å²) in [6.45, 7) is 3.66. The number of aryl methyl sites for hydroxylation is 1. The molecule has 2 N–H and O–H groups in total. The maximum absolute atomic E-state index is 13.1. The number of ether oxygens (including phenoxy) is 1. The topological polar surface area (TPSA) is 84.5 Å². The molecule has 0 aromatic heterocycles. The second-order valence-corrected chi connectivity index (χ2v) is 9.80. The largest absolute Gasteiger partial charge is 0.496 e. The third kappa shape index (κ3) is 5.83. The van der Waals surface area contributed by atoms with Gasteiger partial charge in [0, 0.05) is 12.0 Å². The maximum atomic E-state index is 13.1. The van der Waals surface area contributed by atoms with Gasteiger partial charge in [-0.1, -0.05) is 12.1 Å². The highest BCUT2D eigenvalue weighted by molar-refractivity contribution is 7.89. The van der Waals surface area contributed by atoms with E-state index in [0.29, 0.717) is 31.4 Å². The van der Waals surface area contributed by atoms with Gasteiger partial charge in [0.05, 0.1) is 18.0 Å².